The lowest BCUT2D eigenvalue weighted by Gasteiger charge is -2.29. The fraction of sp³-hybridized carbons (Fsp3) is 0.0714. The van der Waals surface area contributed by atoms with Gasteiger partial charge in [-0.05, 0) is 72.2 Å². The molecule has 8 rings (SSSR count). The second kappa shape index (κ2) is 11.1. The summed E-state index contributed by atoms with van der Waals surface area (Å²) in [6, 6.07) is 37.2. The number of pyridine rings is 1. The van der Waals surface area contributed by atoms with Crippen molar-refractivity contribution in [2.24, 2.45) is 0 Å². The van der Waals surface area contributed by atoms with Crippen LogP contribution in [0.5, 0.6) is 0 Å². The third-order valence-electron chi connectivity index (χ3n) is 9.02. The average molecular weight is 580 g/mol. The molecular weight excluding hydrogens is 546 g/mol. The van der Waals surface area contributed by atoms with Gasteiger partial charge < -0.3 is 9.47 Å². The van der Waals surface area contributed by atoms with Crippen LogP contribution in [-0.4, -0.2) is 15.6 Å². The van der Waals surface area contributed by atoms with Crippen LogP contribution in [0.25, 0.3) is 44.2 Å². The Kier molecular flexibility index (Phi) is 6.65. The fourth-order valence-electron chi connectivity index (χ4n) is 7.02. The lowest BCUT2D eigenvalue weighted by atomic mass is 9.91. The molecule has 2 aliphatic rings. The summed E-state index contributed by atoms with van der Waals surface area (Å²) in [4.78, 5) is 7.15. The largest absolute Gasteiger partial charge is 0.333 e. The molecule has 0 saturated heterocycles. The predicted molar refractivity (Wildman–Crippen MR) is 191 cm³/mol. The number of hydrogen-bond acceptors (Lipinski definition) is 2. The summed E-state index contributed by atoms with van der Waals surface area (Å²) in [6.07, 6.45) is 19.2. The highest BCUT2D eigenvalue weighted by atomic mass is 15.2. The minimum atomic E-state index is 0.267. The Morgan fingerprint density at radius 2 is 1.49 bits per heavy atom. The van der Waals surface area contributed by atoms with E-state index in [-0.39, 0.29) is 6.04 Å². The molecule has 0 spiro atoms. The maximum absolute atomic E-state index is 4.68. The molecule has 3 heterocycles. The molecule has 0 saturated carbocycles. The van der Waals surface area contributed by atoms with Crippen LogP contribution in [-0.2, 0) is 0 Å². The number of fused-ring (bicyclic) bond motifs is 6. The van der Waals surface area contributed by atoms with Crippen molar-refractivity contribution in [3.05, 3.63) is 176 Å². The summed E-state index contributed by atoms with van der Waals surface area (Å²) in [6.45, 7) is 6.57. The van der Waals surface area contributed by atoms with Crippen LogP contribution in [0.15, 0.2) is 165 Å². The van der Waals surface area contributed by atoms with E-state index in [1.165, 1.54) is 38.7 Å². The van der Waals surface area contributed by atoms with Gasteiger partial charge in [-0.3, -0.25) is 4.98 Å². The second-order valence-corrected chi connectivity index (χ2v) is 11.7. The van der Waals surface area contributed by atoms with Gasteiger partial charge in [0.1, 0.15) is 0 Å². The van der Waals surface area contributed by atoms with Gasteiger partial charge in [-0.15, -0.1) is 0 Å². The molecule has 2 aromatic heterocycles. The van der Waals surface area contributed by atoms with Gasteiger partial charge in [0, 0.05) is 57.3 Å². The summed E-state index contributed by atoms with van der Waals surface area (Å²) >= 11 is 0. The normalized spacial score (nSPS) is 17.4. The monoisotopic (exact) mass is 579 g/mol. The molecule has 3 heteroatoms. The van der Waals surface area contributed by atoms with Gasteiger partial charge in [0.15, 0.2) is 0 Å². The van der Waals surface area contributed by atoms with E-state index in [0.29, 0.717) is 5.92 Å². The van der Waals surface area contributed by atoms with Crippen molar-refractivity contribution in [3.63, 3.8) is 0 Å². The lowest BCUT2D eigenvalue weighted by molar-refractivity contribution is 0.745. The fourth-order valence-corrected chi connectivity index (χ4v) is 7.02. The molecule has 1 aliphatic carbocycles. The molecule has 2 atom stereocenters. The smallest absolute Gasteiger partial charge is 0.0629 e. The summed E-state index contributed by atoms with van der Waals surface area (Å²) in [5.41, 5.74) is 11.3. The van der Waals surface area contributed by atoms with Crippen LogP contribution in [0.3, 0.4) is 0 Å². The van der Waals surface area contributed by atoms with Crippen molar-refractivity contribution in [1.82, 2.24) is 9.55 Å². The molecular formula is C42H33N3. The van der Waals surface area contributed by atoms with Crippen LogP contribution in [0, 0.1) is 0 Å². The zero-order valence-electron chi connectivity index (χ0n) is 25.2. The van der Waals surface area contributed by atoms with Gasteiger partial charge in [-0.25, -0.2) is 0 Å². The highest BCUT2D eigenvalue weighted by molar-refractivity contribution is 6.10. The zero-order chi connectivity index (χ0) is 30.3. The minimum Gasteiger partial charge on any atom is -0.333 e. The number of allylic oxidation sites excluding steroid dienone is 7. The van der Waals surface area contributed by atoms with Crippen LogP contribution in [0.2, 0.25) is 0 Å². The maximum Gasteiger partial charge on any atom is 0.0629 e. The van der Waals surface area contributed by atoms with E-state index in [4.69, 9.17) is 0 Å². The van der Waals surface area contributed by atoms with Crippen molar-refractivity contribution in [2.75, 3.05) is 4.90 Å². The summed E-state index contributed by atoms with van der Waals surface area (Å²) in [7, 11) is 0. The highest BCUT2D eigenvalue weighted by Crippen LogP contribution is 2.48. The molecule has 0 bridgehead atoms. The molecule has 0 fully saturated rings. The predicted octanol–water partition coefficient (Wildman–Crippen LogP) is 10.7. The van der Waals surface area contributed by atoms with Crippen molar-refractivity contribution in [2.45, 2.75) is 18.9 Å². The molecule has 0 radical (unpaired) electrons. The standard InChI is InChI=1S/C42H33N3/c1-3-13-33(44-39-20-8-4-16-35(39)36-17-5-9-21-40(36)44)24-29(2)31-25-32(28-43-27-31)30-14-12-15-34(26-30)45-41-22-10-6-18-37(41)38-19-7-11-23-42(38)45/h3-28,37,41H,2H2,1H3/b13-3-,33-24+. The SMILES string of the molecule is C=C(/C=C(\C=C/C)n1c2ccccc2c2ccccc21)c1cncc(-c2cccc(N3c4ccccc4C4C=CC=CC43)c2)c1. The Morgan fingerprint density at radius 3 is 2.29 bits per heavy atom. The van der Waals surface area contributed by atoms with E-state index in [1.54, 1.807) is 0 Å². The third kappa shape index (κ3) is 4.56. The first kappa shape index (κ1) is 26.9. The Hall–Kier alpha value is -5.67. The molecule has 6 aromatic rings. The van der Waals surface area contributed by atoms with Crippen LogP contribution >= 0.6 is 0 Å². The average Bonchev–Trinajstić information content (AvgIpc) is 3.61. The maximum atomic E-state index is 4.68. The molecule has 45 heavy (non-hydrogen) atoms. The second-order valence-electron chi connectivity index (χ2n) is 11.7. The quantitative estimate of drug-likeness (QED) is 0.183. The van der Waals surface area contributed by atoms with Crippen molar-refractivity contribution in [3.8, 4) is 11.1 Å². The van der Waals surface area contributed by atoms with E-state index in [2.05, 4.69) is 174 Å². The zero-order valence-corrected chi connectivity index (χ0v) is 25.2. The summed E-state index contributed by atoms with van der Waals surface area (Å²) < 4.78 is 2.33. The van der Waals surface area contributed by atoms with Gasteiger partial charge in [-0.1, -0.05) is 104 Å². The Morgan fingerprint density at radius 1 is 0.756 bits per heavy atom. The lowest BCUT2D eigenvalue weighted by Crippen LogP contribution is -2.28. The van der Waals surface area contributed by atoms with Gasteiger partial charge in [0.05, 0.1) is 17.1 Å². The Balaban J connectivity index is 1.17. The summed E-state index contributed by atoms with van der Waals surface area (Å²) in [5, 5.41) is 2.48. The van der Waals surface area contributed by atoms with Gasteiger partial charge in [-0.2, -0.15) is 0 Å². The number of anilines is 2. The van der Waals surface area contributed by atoms with E-state index < -0.39 is 0 Å². The molecule has 1 aliphatic heterocycles. The third-order valence-corrected chi connectivity index (χ3v) is 9.02. The van der Waals surface area contributed by atoms with Crippen LogP contribution < -0.4 is 4.90 Å². The van der Waals surface area contributed by atoms with E-state index in [0.717, 1.165) is 28.0 Å². The minimum absolute atomic E-state index is 0.267. The number of nitrogens with zero attached hydrogens (tertiary/aromatic N) is 3. The molecule has 0 N–H and O–H groups in total. The van der Waals surface area contributed by atoms with Crippen LogP contribution in [0.4, 0.5) is 11.4 Å². The van der Waals surface area contributed by atoms with E-state index in [9.17, 15) is 0 Å². The first-order valence-electron chi connectivity index (χ1n) is 15.5. The van der Waals surface area contributed by atoms with Crippen molar-refractivity contribution in [1.29, 1.82) is 0 Å². The number of rotatable bonds is 6. The first-order chi connectivity index (χ1) is 22.2. The molecule has 2 unspecified atom stereocenters. The number of benzene rings is 4. The Labute approximate surface area is 264 Å². The number of hydrogen-bond donors (Lipinski definition) is 0. The summed E-state index contributed by atoms with van der Waals surface area (Å²) in [5.74, 6) is 0.357. The van der Waals surface area contributed by atoms with Crippen LogP contribution in [0.1, 0.15) is 24.0 Å². The number of para-hydroxylation sites is 3. The number of aromatic nitrogens is 2. The molecule has 0 amide bonds. The van der Waals surface area contributed by atoms with E-state index >= 15 is 0 Å². The highest BCUT2D eigenvalue weighted by Gasteiger charge is 2.37. The van der Waals surface area contributed by atoms with Gasteiger partial charge in [0.25, 0.3) is 0 Å². The van der Waals surface area contributed by atoms with Gasteiger partial charge in [0.2, 0.25) is 0 Å². The van der Waals surface area contributed by atoms with Crippen molar-refractivity contribution < 1.29 is 0 Å². The van der Waals surface area contributed by atoms with Gasteiger partial charge >= 0.3 is 0 Å². The topological polar surface area (TPSA) is 21.1 Å². The van der Waals surface area contributed by atoms with Crippen molar-refractivity contribution >= 4 is 44.5 Å². The molecule has 216 valence electrons. The van der Waals surface area contributed by atoms with E-state index in [1.807, 2.05) is 12.4 Å². The molecule has 3 nitrogen and oxygen atoms in total. The molecule has 4 aromatic carbocycles. The first-order valence-corrected chi connectivity index (χ1v) is 15.5. The Bertz CT molecular complexity index is 2170.